The second-order valence-electron chi connectivity index (χ2n) is 8.57. The van der Waals surface area contributed by atoms with E-state index in [0.29, 0.717) is 37.5 Å². The van der Waals surface area contributed by atoms with Crippen LogP contribution in [0, 0.1) is 0 Å². The zero-order chi connectivity index (χ0) is 24.8. The molecule has 2 aromatic carbocycles. The average molecular weight is 512 g/mol. The first-order chi connectivity index (χ1) is 17.0. The lowest BCUT2D eigenvalue weighted by atomic mass is 10.1. The van der Waals surface area contributed by atoms with E-state index in [-0.39, 0.29) is 17.9 Å². The van der Waals surface area contributed by atoms with Crippen LogP contribution in [0.4, 0.5) is 0 Å². The van der Waals surface area contributed by atoms with Gasteiger partial charge in [-0.15, -0.1) is 10.2 Å². The van der Waals surface area contributed by atoms with Gasteiger partial charge in [0.25, 0.3) is 0 Å². The molecule has 184 valence electrons. The molecule has 1 aromatic heterocycles. The monoisotopic (exact) mass is 511 g/mol. The van der Waals surface area contributed by atoms with Gasteiger partial charge < -0.3 is 9.80 Å². The van der Waals surface area contributed by atoms with Gasteiger partial charge in [-0.1, -0.05) is 48.5 Å². The Morgan fingerprint density at radius 1 is 1.03 bits per heavy atom. The molecule has 7 nitrogen and oxygen atoms in total. The number of halogens is 1. The van der Waals surface area contributed by atoms with Gasteiger partial charge in [-0.05, 0) is 49.7 Å². The van der Waals surface area contributed by atoms with Crippen molar-refractivity contribution in [2.24, 2.45) is 0 Å². The summed E-state index contributed by atoms with van der Waals surface area (Å²) in [7, 11) is 0. The molecule has 0 bridgehead atoms. The lowest BCUT2D eigenvalue weighted by Gasteiger charge is -2.40. The van der Waals surface area contributed by atoms with Gasteiger partial charge in [-0.2, -0.15) is 0 Å². The molecule has 35 heavy (non-hydrogen) atoms. The average Bonchev–Trinajstić information content (AvgIpc) is 3.30. The topological polar surface area (TPSA) is 71.3 Å². The van der Waals surface area contributed by atoms with Crippen LogP contribution in [0.25, 0.3) is 17.1 Å². The molecule has 1 aliphatic rings. The molecular formula is C26H30ClN5O2S. The first-order valence-electron chi connectivity index (χ1n) is 11.9. The highest BCUT2D eigenvalue weighted by Crippen LogP contribution is 2.29. The fourth-order valence-electron chi connectivity index (χ4n) is 4.26. The summed E-state index contributed by atoms with van der Waals surface area (Å²) in [6, 6.07) is 17.6. The Morgan fingerprint density at radius 2 is 1.77 bits per heavy atom. The van der Waals surface area contributed by atoms with Gasteiger partial charge in [0.15, 0.2) is 11.0 Å². The summed E-state index contributed by atoms with van der Waals surface area (Å²) < 4.78 is 2.04. The molecule has 1 fully saturated rings. The van der Waals surface area contributed by atoms with Gasteiger partial charge in [0.1, 0.15) is 0 Å². The Labute approximate surface area is 215 Å². The summed E-state index contributed by atoms with van der Waals surface area (Å²) in [6.45, 7) is 5.71. The van der Waals surface area contributed by atoms with Gasteiger partial charge in [-0.3, -0.25) is 14.2 Å². The van der Waals surface area contributed by atoms with Crippen molar-refractivity contribution in [3.05, 3.63) is 59.6 Å². The van der Waals surface area contributed by atoms with Gasteiger partial charge >= 0.3 is 0 Å². The lowest BCUT2D eigenvalue weighted by molar-refractivity contribution is -0.142. The van der Waals surface area contributed by atoms with E-state index >= 15 is 0 Å². The van der Waals surface area contributed by atoms with Crippen molar-refractivity contribution in [1.29, 1.82) is 0 Å². The number of hydrogen-bond acceptors (Lipinski definition) is 5. The van der Waals surface area contributed by atoms with E-state index in [1.165, 1.54) is 0 Å². The Balaban J connectivity index is 1.37. The molecule has 1 saturated heterocycles. The number of amides is 2. The lowest BCUT2D eigenvalue weighted by Crippen LogP contribution is -2.55. The van der Waals surface area contributed by atoms with Crippen LogP contribution in [0.2, 0.25) is 5.02 Å². The molecule has 4 rings (SSSR count). The molecule has 2 amide bonds. The van der Waals surface area contributed by atoms with E-state index in [2.05, 4.69) is 10.2 Å². The van der Waals surface area contributed by atoms with Crippen LogP contribution >= 0.6 is 23.4 Å². The third kappa shape index (κ3) is 6.05. The van der Waals surface area contributed by atoms with Crippen LogP contribution in [0.3, 0.4) is 0 Å². The summed E-state index contributed by atoms with van der Waals surface area (Å²) in [4.78, 5) is 28.6. The quantitative estimate of drug-likeness (QED) is 0.317. The Hall–Kier alpha value is -2.84. The predicted octanol–water partition coefficient (Wildman–Crippen LogP) is 4.93. The third-order valence-corrected chi connectivity index (χ3v) is 7.39. The second-order valence-corrected chi connectivity index (χ2v) is 10.1. The van der Waals surface area contributed by atoms with Crippen molar-refractivity contribution in [2.45, 2.75) is 44.3 Å². The van der Waals surface area contributed by atoms with Crippen molar-refractivity contribution in [1.82, 2.24) is 24.6 Å². The SMILES string of the molecule is CCC(=O)N1CCN(C(=O)CCCSc2nnc(-c3ccc(Cl)cc3)n2-c2ccccc2)CC1C. The Kier molecular flexibility index (Phi) is 8.46. The molecule has 1 aliphatic heterocycles. The third-order valence-electron chi connectivity index (χ3n) is 6.12. The fraction of sp³-hybridized carbons (Fsp3) is 0.385. The number of aromatic nitrogens is 3. The van der Waals surface area contributed by atoms with E-state index in [4.69, 9.17) is 11.6 Å². The molecule has 0 aliphatic carbocycles. The number of carbonyl (C=O) groups is 2. The number of piperazine rings is 1. The smallest absolute Gasteiger partial charge is 0.222 e. The van der Waals surface area contributed by atoms with Crippen molar-refractivity contribution in [2.75, 3.05) is 25.4 Å². The van der Waals surface area contributed by atoms with Crippen molar-refractivity contribution in [3.8, 4) is 17.1 Å². The molecule has 0 saturated carbocycles. The maximum Gasteiger partial charge on any atom is 0.222 e. The number of hydrogen-bond donors (Lipinski definition) is 0. The molecule has 1 unspecified atom stereocenters. The maximum atomic E-state index is 12.8. The Bertz CT molecular complexity index is 1150. The van der Waals surface area contributed by atoms with Gasteiger partial charge in [-0.25, -0.2) is 0 Å². The molecule has 0 spiro atoms. The summed E-state index contributed by atoms with van der Waals surface area (Å²) >= 11 is 7.66. The van der Waals surface area contributed by atoms with E-state index < -0.39 is 0 Å². The number of carbonyl (C=O) groups excluding carboxylic acids is 2. The Morgan fingerprint density at radius 3 is 2.46 bits per heavy atom. The fourth-order valence-corrected chi connectivity index (χ4v) is 5.28. The first-order valence-corrected chi connectivity index (χ1v) is 13.3. The molecule has 3 aromatic rings. The van der Waals surface area contributed by atoms with Crippen molar-refractivity contribution >= 4 is 35.2 Å². The number of para-hydroxylation sites is 1. The minimum Gasteiger partial charge on any atom is -0.339 e. The summed E-state index contributed by atoms with van der Waals surface area (Å²) in [6.07, 6.45) is 1.72. The summed E-state index contributed by atoms with van der Waals surface area (Å²) in [5.41, 5.74) is 1.91. The largest absolute Gasteiger partial charge is 0.339 e. The minimum absolute atomic E-state index is 0.0604. The second kappa shape index (κ2) is 11.7. The van der Waals surface area contributed by atoms with E-state index in [1.807, 2.05) is 82.8 Å². The number of rotatable bonds is 8. The normalized spacial score (nSPS) is 15.9. The predicted molar refractivity (Wildman–Crippen MR) is 140 cm³/mol. The highest BCUT2D eigenvalue weighted by molar-refractivity contribution is 7.99. The van der Waals surface area contributed by atoms with Gasteiger partial charge in [0, 0.05) is 60.5 Å². The summed E-state index contributed by atoms with van der Waals surface area (Å²) in [5.74, 6) is 1.80. The number of nitrogens with zero attached hydrogens (tertiary/aromatic N) is 5. The van der Waals surface area contributed by atoms with Crippen LogP contribution in [0.15, 0.2) is 59.8 Å². The van der Waals surface area contributed by atoms with Crippen LogP contribution in [0.1, 0.15) is 33.1 Å². The minimum atomic E-state index is 0.0604. The zero-order valence-electron chi connectivity index (χ0n) is 20.1. The standard InChI is InChI=1S/C26H30ClN5O2S/c1-3-23(33)31-16-15-30(18-19(31)2)24(34)10-7-17-35-26-29-28-25(20-11-13-21(27)14-12-20)32(26)22-8-5-4-6-9-22/h4-6,8-9,11-14,19H,3,7,10,15-18H2,1-2H3. The molecule has 2 heterocycles. The molecule has 9 heteroatoms. The number of thioether (sulfide) groups is 1. The van der Waals surface area contributed by atoms with Crippen LogP contribution in [-0.4, -0.2) is 67.8 Å². The van der Waals surface area contributed by atoms with Gasteiger partial charge in [0.2, 0.25) is 11.8 Å². The highest BCUT2D eigenvalue weighted by atomic mass is 35.5. The summed E-state index contributed by atoms with van der Waals surface area (Å²) in [5, 5.41) is 10.4. The van der Waals surface area contributed by atoms with Crippen molar-refractivity contribution < 1.29 is 9.59 Å². The van der Waals surface area contributed by atoms with Crippen LogP contribution in [-0.2, 0) is 9.59 Å². The van der Waals surface area contributed by atoms with Gasteiger partial charge in [0.05, 0.1) is 0 Å². The molecule has 1 atom stereocenters. The van der Waals surface area contributed by atoms with Crippen LogP contribution in [0.5, 0.6) is 0 Å². The van der Waals surface area contributed by atoms with Crippen molar-refractivity contribution in [3.63, 3.8) is 0 Å². The van der Waals surface area contributed by atoms with Crippen LogP contribution < -0.4 is 0 Å². The maximum absolute atomic E-state index is 12.8. The highest BCUT2D eigenvalue weighted by Gasteiger charge is 2.28. The zero-order valence-corrected chi connectivity index (χ0v) is 21.6. The number of benzene rings is 2. The van der Waals surface area contributed by atoms with E-state index in [1.54, 1.807) is 11.8 Å². The molecule has 0 N–H and O–H groups in total. The van der Waals surface area contributed by atoms with E-state index in [0.717, 1.165) is 34.4 Å². The molecular weight excluding hydrogens is 482 g/mol. The van der Waals surface area contributed by atoms with E-state index in [9.17, 15) is 9.59 Å². The first kappa shape index (κ1) is 25.3. The molecule has 0 radical (unpaired) electrons.